The van der Waals surface area contributed by atoms with Crippen molar-refractivity contribution >= 4 is 0 Å². The van der Waals surface area contributed by atoms with Gasteiger partial charge in [0.15, 0.2) is 11.6 Å². The summed E-state index contributed by atoms with van der Waals surface area (Å²) in [5, 5.41) is 0. The summed E-state index contributed by atoms with van der Waals surface area (Å²) in [6.45, 7) is 6.74. The van der Waals surface area contributed by atoms with Gasteiger partial charge >= 0.3 is 0 Å². The van der Waals surface area contributed by atoms with E-state index >= 15 is 8.78 Å². The predicted molar refractivity (Wildman–Crippen MR) is 139 cm³/mol. The second-order valence-electron chi connectivity index (χ2n) is 9.25. The molecule has 0 N–H and O–H groups in total. The molecule has 0 saturated heterocycles. The second kappa shape index (κ2) is 12.8. The molecule has 0 radical (unpaired) electrons. The molecule has 1 saturated carbocycles. The van der Waals surface area contributed by atoms with E-state index in [0.29, 0.717) is 47.8 Å². The predicted octanol–water partition coefficient (Wildman–Crippen LogP) is 8.37. The largest absolute Gasteiger partial charge is 0.493 e. The van der Waals surface area contributed by atoms with E-state index in [4.69, 9.17) is 14.2 Å². The minimum atomic E-state index is -0.837. The molecule has 0 unspecified atom stereocenters. The van der Waals surface area contributed by atoms with E-state index in [1.165, 1.54) is 6.07 Å². The lowest BCUT2D eigenvalue weighted by atomic mass is 9.82. The molecule has 0 amide bonds. The molecule has 1 fully saturated rings. The van der Waals surface area contributed by atoms with Crippen LogP contribution in [0.4, 0.5) is 13.2 Å². The smallest absolute Gasteiger partial charge is 0.166 e. The molecule has 0 spiro atoms. The van der Waals surface area contributed by atoms with E-state index in [1.54, 1.807) is 54.6 Å². The van der Waals surface area contributed by atoms with Crippen LogP contribution in [-0.2, 0) is 11.3 Å². The van der Waals surface area contributed by atoms with Gasteiger partial charge in [-0.25, -0.2) is 13.2 Å². The van der Waals surface area contributed by atoms with Crippen LogP contribution in [0.5, 0.6) is 11.5 Å². The van der Waals surface area contributed by atoms with Gasteiger partial charge in [0.25, 0.3) is 0 Å². The van der Waals surface area contributed by atoms with Crippen molar-refractivity contribution in [3.63, 3.8) is 0 Å². The van der Waals surface area contributed by atoms with Gasteiger partial charge in [0.1, 0.15) is 23.9 Å². The van der Waals surface area contributed by atoms with E-state index in [2.05, 4.69) is 6.58 Å². The van der Waals surface area contributed by atoms with Crippen LogP contribution in [0, 0.1) is 17.5 Å². The average Bonchev–Trinajstić information content (AvgIpc) is 2.91. The molecule has 1 aliphatic rings. The molecule has 0 bridgehead atoms. The van der Waals surface area contributed by atoms with Crippen molar-refractivity contribution in [2.75, 3.05) is 13.2 Å². The van der Waals surface area contributed by atoms with Gasteiger partial charge in [0.2, 0.25) is 0 Å². The first-order valence-electron chi connectivity index (χ1n) is 12.8. The van der Waals surface area contributed by atoms with Gasteiger partial charge in [0.05, 0.1) is 12.7 Å². The summed E-state index contributed by atoms with van der Waals surface area (Å²) in [6, 6.07) is 14.7. The zero-order chi connectivity index (χ0) is 26.2. The van der Waals surface area contributed by atoms with E-state index in [-0.39, 0.29) is 24.2 Å². The first-order valence-corrected chi connectivity index (χ1v) is 12.8. The summed E-state index contributed by atoms with van der Waals surface area (Å²) >= 11 is 0. The van der Waals surface area contributed by atoms with E-state index < -0.39 is 17.5 Å². The van der Waals surface area contributed by atoms with Crippen LogP contribution in [0.2, 0.25) is 0 Å². The molecule has 0 heterocycles. The monoisotopic (exact) mass is 510 g/mol. The van der Waals surface area contributed by atoms with E-state index in [9.17, 15) is 4.39 Å². The fraction of sp³-hybridized carbons (Fsp3) is 0.355. The molecule has 196 valence electrons. The first kappa shape index (κ1) is 26.8. The standard InChI is InChI=1S/C31H33F3O3/c1-3-5-18-36-26-15-10-23(29(32)19-26)20-37-25-13-8-22(9-14-25)28-17-16-27(30(33)31(28)34)21-6-11-24(12-7-21)35-4-2/h3,8-10,13-17,19,21,24H,1,4-7,11-12,18,20H2,2H3. The summed E-state index contributed by atoms with van der Waals surface area (Å²) in [7, 11) is 0. The lowest BCUT2D eigenvalue weighted by molar-refractivity contribution is 0.0325. The quantitative estimate of drug-likeness (QED) is 0.192. The fourth-order valence-electron chi connectivity index (χ4n) is 4.77. The molecule has 3 nitrogen and oxygen atoms in total. The van der Waals surface area contributed by atoms with Gasteiger partial charge < -0.3 is 14.2 Å². The van der Waals surface area contributed by atoms with Gasteiger partial charge in [0, 0.05) is 23.8 Å². The highest BCUT2D eigenvalue weighted by Gasteiger charge is 2.26. The SMILES string of the molecule is C=CCCOc1ccc(COc2ccc(-c3ccc(C4CCC(OCC)CC4)c(F)c3F)cc2)c(F)c1. The van der Waals surface area contributed by atoms with Crippen LogP contribution >= 0.6 is 0 Å². The van der Waals surface area contributed by atoms with Crippen LogP contribution in [0.1, 0.15) is 56.1 Å². The van der Waals surface area contributed by atoms with Gasteiger partial charge in [-0.1, -0.05) is 30.3 Å². The number of halogens is 3. The van der Waals surface area contributed by atoms with E-state index in [0.717, 1.165) is 25.7 Å². The summed E-state index contributed by atoms with van der Waals surface area (Å²) in [5.41, 5.74) is 1.57. The van der Waals surface area contributed by atoms with Crippen LogP contribution < -0.4 is 9.47 Å². The molecule has 3 aromatic carbocycles. The minimum absolute atomic E-state index is 0.00389. The fourth-order valence-corrected chi connectivity index (χ4v) is 4.77. The first-order chi connectivity index (χ1) is 18.0. The normalized spacial score (nSPS) is 17.4. The number of ether oxygens (including phenoxy) is 3. The summed E-state index contributed by atoms with van der Waals surface area (Å²) < 4.78 is 61.3. The zero-order valence-corrected chi connectivity index (χ0v) is 21.2. The van der Waals surface area contributed by atoms with Crippen molar-refractivity contribution in [2.45, 2.75) is 57.7 Å². The Hall–Kier alpha value is -3.25. The number of hydrogen-bond donors (Lipinski definition) is 0. The highest BCUT2D eigenvalue weighted by Crippen LogP contribution is 2.38. The Balaban J connectivity index is 1.38. The highest BCUT2D eigenvalue weighted by atomic mass is 19.2. The lowest BCUT2D eigenvalue weighted by Crippen LogP contribution is -2.21. The highest BCUT2D eigenvalue weighted by molar-refractivity contribution is 5.65. The number of rotatable bonds is 11. The summed E-state index contributed by atoms with van der Waals surface area (Å²) in [5.74, 6) is -1.08. The average molecular weight is 511 g/mol. The maximum Gasteiger partial charge on any atom is 0.166 e. The van der Waals surface area contributed by atoms with Gasteiger partial charge in [-0.3, -0.25) is 0 Å². The second-order valence-corrected chi connectivity index (χ2v) is 9.25. The molecule has 1 aliphatic carbocycles. The van der Waals surface area contributed by atoms with Crippen LogP contribution in [0.25, 0.3) is 11.1 Å². The van der Waals surface area contributed by atoms with Crippen molar-refractivity contribution in [3.05, 3.63) is 95.8 Å². The van der Waals surface area contributed by atoms with Crippen LogP contribution in [0.15, 0.2) is 67.3 Å². The Labute approximate surface area is 216 Å². The van der Waals surface area contributed by atoms with Gasteiger partial charge in [-0.05, 0) is 80.3 Å². The molecule has 0 aromatic heterocycles. The van der Waals surface area contributed by atoms with Crippen molar-refractivity contribution in [3.8, 4) is 22.6 Å². The lowest BCUT2D eigenvalue weighted by Gasteiger charge is -2.29. The summed E-state index contributed by atoms with van der Waals surface area (Å²) in [6.07, 6.45) is 5.93. The van der Waals surface area contributed by atoms with Crippen molar-refractivity contribution in [1.29, 1.82) is 0 Å². The minimum Gasteiger partial charge on any atom is -0.493 e. The van der Waals surface area contributed by atoms with Crippen LogP contribution in [0.3, 0.4) is 0 Å². The third-order valence-electron chi connectivity index (χ3n) is 6.80. The van der Waals surface area contributed by atoms with Crippen molar-refractivity contribution in [1.82, 2.24) is 0 Å². The van der Waals surface area contributed by atoms with Crippen LogP contribution in [-0.4, -0.2) is 19.3 Å². The zero-order valence-electron chi connectivity index (χ0n) is 21.2. The van der Waals surface area contributed by atoms with Gasteiger partial charge in [-0.15, -0.1) is 6.58 Å². The maximum absolute atomic E-state index is 15.1. The molecule has 6 heteroatoms. The summed E-state index contributed by atoms with van der Waals surface area (Å²) in [4.78, 5) is 0. The molecule has 0 aliphatic heterocycles. The molecule has 0 atom stereocenters. The molecular weight excluding hydrogens is 477 g/mol. The molecular formula is C31H33F3O3. The third-order valence-corrected chi connectivity index (χ3v) is 6.80. The van der Waals surface area contributed by atoms with Crippen molar-refractivity contribution < 1.29 is 27.4 Å². The molecule has 37 heavy (non-hydrogen) atoms. The Morgan fingerprint density at radius 3 is 2.27 bits per heavy atom. The molecule has 3 aromatic rings. The Morgan fingerprint density at radius 2 is 1.59 bits per heavy atom. The molecule has 4 rings (SSSR count). The Bertz CT molecular complexity index is 1190. The van der Waals surface area contributed by atoms with Crippen molar-refractivity contribution in [2.24, 2.45) is 0 Å². The third kappa shape index (κ3) is 6.75. The topological polar surface area (TPSA) is 27.7 Å². The van der Waals surface area contributed by atoms with E-state index in [1.807, 2.05) is 6.92 Å². The number of benzene rings is 3. The Kier molecular flexibility index (Phi) is 9.29. The Morgan fingerprint density at radius 1 is 0.865 bits per heavy atom. The maximum atomic E-state index is 15.1. The van der Waals surface area contributed by atoms with Gasteiger partial charge in [-0.2, -0.15) is 0 Å². The number of hydrogen-bond acceptors (Lipinski definition) is 3.